The van der Waals surface area contributed by atoms with Crippen molar-refractivity contribution in [3.05, 3.63) is 65.5 Å². The van der Waals surface area contributed by atoms with Crippen molar-refractivity contribution in [2.24, 2.45) is 5.73 Å². The molecular weight excluding hydrogens is 349 g/mol. The first-order chi connectivity index (χ1) is 12.8. The number of amides is 2. The number of rotatable bonds is 8. The highest BCUT2D eigenvalue weighted by Gasteiger charge is 2.20. The Kier molecular flexibility index (Phi) is 7.31. The van der Waals surface area contributed by atoms with E-state index in [4.69, 9.17) is 5.73 Å². The average Bonchev–Trinajstić information content (AvgIpc) is 2.64. The number of phenols is 1. The van der Waals surface area contributed by atoms with Gasteiger partial charge in [-0.2, -0.15) is 0 Å². The number of benzene rings is 2. The lowest BCUT2D eigenvalue weighted by molar-refractivity contribution is -0.135. The van der Waals surface area contributed by atoms with E-state index in [0.717, 1.165) is 11.1 Å². The number of hydrogen-bond acceptors (Lipinski definition) is 4. The zero-order chi connectivity index (χ0) is 19.8. The van der Waals surface area contributed by atoms with Gasteiger partial charge in [-0.25, -0.2) is 4.39 Å². The Morgan fingerprint density at radius 2 is 1.70 bits per heavy atom. The molecule has 0 spiro atoms. The van der Waals surface area contributed by atoms with Crippen LogP contribution in [0.5, 0.6) is 5.75 Å². The standard InChI is InChI=1S/C20H24FN3O3/c1-24(20(27)18(22)12-15-2-6-16(21)7-3-15)13-19(26)23-11-10-14-4-8-17(25)9-5-14/h2-9,18,25H,10-13,22H2,1H3,(H,23,26)/t18-/m0/s1. The number of hydrogen-bond donors (Lipinski definition) is 3. The van der Waals surface area contributed by atoms with Gasteiger partial charge in [-0.1, -0.05) is 24.3 Å². The fourth-order valence-electron chi connectivity index (χ4n) is 2.60. The Morgan fingerprint density at radius 1 is 1.11 bits per heavy atom. The molecule has 2 aromatic carbocycles. The maximum atomic E-state index is 12.9. The molecular formula is C20H24FN3O3. The SMILES string of the molecule is CN(CC(=O)NCCc1ccc(O)cc1)C(=O)[C@@H](N)Cc1ccc(F)cc1. The molecule has 0 unspecified atom stereocenters. The van der Waals surface area contributed by atoms with Crippen LogP contribution in [0.25, 0.3) is 0 Å². The molecule has 2 rings (SSSR count). The van der Waals surface area contributed by atoms with E-state index in [1.807, 2.05) is 0 Å². The number of carbonyl (C=O) groups excluding carboxylic acids is 2. The predicted molar refractivity (Wildman–Crippen MR) is 101 cm³/mol. The van der Waals surface area contributed by atoms with E-state index < -0.39 is 6.04 Å². The number of carbonyl (C=O) groups is 2. The summed E-state index contributed by atoms with van der Waals surface area (Å²) in [6, 6.07) is 11.7. The summed E-state index contributed by atoms with van der Waals surface area (Å²) in [6.07, 6.45) is 0.889. The van der Waals surface area contributed by atoms with Crippen molar-refractivity contribution in [2.75, 3.05) is 20.1 Å². The number of nitrogens with two attached hydrogens (primary N) is 1. The van der Waals surface area contributed by atoms with E-state index in [-0.39, 0.29) is 36.3 Å². The average molecular weight is 373 g/mol. The molecule has 0 fully saturated rings. The summed E-state index contributed by atoms with van der Waals surface area (Å²) in [5.41, 5.74) is 7.65. The van der Waals surface area contributed by atoms with Gasteiger partial charge in [-0.3, -0.25) is 9.59 Å². The van der Waals surface area contributed by atoms with Crippen LogP contribution in [0, 0.1) is 5.82 Å². The van der Waals surface area contributed by atoms with E-state index in [2.05, 4.69) is 5.32 Å². The number of aromatic hydroxyl groups is 1. The van der Waals surface area contributed by atoms with Crippen LogP contribution in [0.4, 0.5) is 4.39 Å². The fraction of sp³-hybridized carbons (Fsp3) is 0.300. The monoisotopic (exact) mass is 373 g/mol. The van der Waals surface area contributed by atoms with Crippen LogP contribution < -0.4 is 11.1 Å². The lowest BCUT2D eigenvalue weighted by Crippen LogP contribution is -2.47. The van der Waals surface area contributed by atoms with Crippen molar-refractivity contribution in [1.29, 1.82) is 0 Å². The van der Waals surface area contributed by atoms with Gasteiger partial charge in [0, 0.05) is 13.6 Å². The summed E-state index contributed by atoms with van der Waals surface area (Å²) >= 11 is 0. The molecule has 2 aromatic rings. The Hall–Kier alpha value is -2.93. The van der Waals surface area contributed by atoms with E-state index in [0.29, 0.717) is 13.0 Å². The topological polar surface area (TPSA) is 95.7 Å². The molecule has 144 valence electrons. The van der Waals surface area contributed by atoms with Crippen molar-refractivity contribution in [1.82, 2.24) is 10.2 Å². The molecule has 2 amide bonds. The Bertz CT molecular complexity index is 763. The molecule has 27 heavy (non-hydrogen) atoms. The van der Waals surface area contributed by atoms with Gasteiger partial charge in [0.1, 0.15) is 11.6 Å². The first-order valence-electron chi connectivity index (χ1n) is 8.65. The predicted octanol–water partition coefficient (Wildman–Crippen LogP) is 1.22. The smallest absolute Gasteiger partial charge is 0.240 e. The molecule has 0 radical (unpaired) electrons. The summed E-state index contributed by atoms with van der Waals surface area (Å²) < 4.78 is 12.9. The van der Waals surface area contributed by atoms with Crippen LogP contribution in [0.15, 0.2) is 48.5 Å². The van der Waals surface area contributed by atoms with Gasteiger partial charge in [-0.15, -0.1) is 0 Å². The number of halogens is 1. The second-order valence-corrected chi connectivity index (χ2v) is 6.40. The Balaban J connectivity index is 1.74. The third-order valence-electron chi connectivity index (χ3n) is 4.12. The minimum atomic E-state index is -0.801. The molecule has 4 N–H and O–H groups in total. The van der Waals surface area contributed by atoms with Gasteiger partial charge >= 0.3 is 0 Å². The lowest BCUT2D eigenvalue weighted by atomic mass is 10.1. The van der Waals surface area contributed by atoms with Crippen LogP contribution in [0.2, 0.25) is 0 Å². The molecule has 0 saturated heterocycles. The molecule has 1 atom stereocenters. The second kappa shape index (κ2) is 9.68. The quantitative estimate of drug-likeness (QED) is 0.648. The zero-order valence-corrected chi connectivity index (χ0v) is 15.2. The summed E-state index contributed by atoms with van der Waals surface area (Å²) in [5.74, 6) is -0.786. The lowest BCUT2D eigenvalue weighted by Gasteiger charge is -2.21. The van der Waals surface area contributed by atoms with E-state index in [1.54, 1.807) is 36.4 Å². The van der Waals surface area contributed by atoms with Gasteiger partial charge in [0.25, 0.3) is 0 Å². The number of nitrogens with one attached hydrogen (secondary N) is 1. The minimum Gasteiger partial charge on any atom is -0.508 e. The third kappa shape index (κ3) is 6.71. The van der Waals surface area contributed by atoms with Gasteiger partial charge in [-0.05, 0) is 48.2 Å². The van der Waals surface area contributed by atoms with Crippen molar-refractivity contribution in [2.45, 2.75) is 18.9 Å². The third-order valence-corrected chi connectivity index (χ3v) is 4.12. The highest BCUT2D eigenvalue weighted by atomic mass is 19.1. The van der Waals surface area contributed by atoms with Crippen molar-refractivity contribution >= 4 is 11.8 Å². The maximum absolute atomic E-state index is 12.9. The fourth-order valence-corrected chi connectivity index (χ4v) is 2.60. The van der Waals surface area contributed by atoms with Gasteiger partial charge < -0.3 is 21.1 Å². The highest BCUT2D eigenvalue weighted by molar-refractivity contribution is 5.87. The van der Waals surface area contributed by atoms with Crippen LogP contribution in [0.1, 0.15) is 11.1 Å². The number of nitrogens with zero attached hydrogens (tertiary/aromatic N) is 1. The minimum absolute atomic E-state index is 0.0917. The van der Waals surface area contributed by atoms with Gasteiger partial charge in [0.05, 0.1) is 12.6 Å². The molecule has 0 aromatic heterocycles. The maximum Gasteiger partial charge on any atom is 0.240 e. The normalized spacial score (nSPS) is 11.7. The van der Waals surface area contributed by atoms with Gasteiger partial charge in [0.15, 0.2) is 0 Å². The molecule has 0 aliphatic carbocycles. The Labute approximate surface area is 157 Å². The van der Waals surface area contributed by atoms with Crippen LogP contribution in [0.3, 0.4) is 0 Å². The first-order valence-corrected chi connectivity index (χ1v) is 8.65. The number of likely N-dealkylation sites (N-methyl/N-ethyl adjacent to an activating group) is 1. The summed E-state index contributed by atoms with van der Waals surface area (Å²) in [5, 5.41) is 12.0. The molecule has 0 bridgehead atoms. The summed E-state index contributed by atoms with van der Waals surface area (Å²) in [7, 11) is 1.52. The van der Waals surface area contributed by atoms with Crippen molar-refractivity contribution in [3.8, 4) is 5.75 Å². The van der Waals surface area contributed by atoms with Crippen molar-refractivity contribution < 1.29 is 19.1 Å². The highest BCUT2D eigenvalue weighted by Crippen LogP contribution is 2.09. The molecule has 0 aliphatic rings. The van der Waals surface area contributed by atoms with E-state index in [9.17, 15) is 19.1 Å². The molecule has 6 nitrogen and oxygen atoms in total. The van der Waals surface area contributed by atoms with Crippen LogP contribution >= 0.6 is 0 Å². The summed E-state index contributed by atoms with van der Waals surface area (Å²) in [6.45, 7) is 0.332. The zero-order valence-electron chi connectivity index (χ0n) is 15.2. The largest absolute Gasteiger partial charge is 0.508 e. The van der Waals surface area contributed by atoms with E-state index >= 15 is 0 Å². The molecule has 0 heterocycles. The van der Waals surface area contributed by atoms with Crippen LogP contribution in [-0.2, 0) is 22.4 Å². The van der Waals surface area contributed by atoms with E-state index in [1.165, 1.54) is 24.1 Å². The molecule has 0 saturated carbocycles. The molecule has 0 aliphatic heterocycles. The van der Waals surface area contributed by atoms with Gasteiger partial charge in [0.2, 0.25) is 11.8 Å². The summed E-state index contributed by atoms with van der Waals surface area (Å²) in [4.78, 5) is 25.6. The second-order valence-electron chi connectivity index (χ2n) is 6.40. The number of phenolic OH excluding ortho intramolecular Hbond substituents is 1. The van der Waals surface area contributed by atoms with Crippen LogP contribution in [-0.4, -0.2) is 48.0 Å². The molecule has 7 heteroatoms. The Morgan fingerprint density at radius 3 is 2.33 bits per heavy atom. The van der Waals surface area contributed by atoms with Crippen molar-refractivity contribution in [3.63, 3.8) is 0 Å². The first kappa shape index (κ1) is 20.4.